The number of anilines is 1. The summed E-state index contributed by atoms with van der Waals surface area (Å²) in [6.45, 7) is 3.51. The molecule has 106 valence electrons. The maximum Gasteiger partial charge on any atom is 0.146 e. The zero-order chi connectivity index (χ0) is 14.7. The first kappa shape index (κ1) is 14.8. The van der Waals surface area contributed by atoms with E-state index in [-0.39, 0.29) is 11.7 Å². The predicted octanol–water partition coefficient (Wildman–Crippen LogP) is 5.49. The number of rotatable bonds is 4. The highest BCUT2D eigenvalue weighted by molar-refractivity contribution is 6.30. The van der Waals surface area contributed by atoms with E-state index in [1.807, 2.05) is 25.1 Å². The molecule has 2 aromatic rings. The molecule has 4 heteroatoms. The predicted molar refractivity (Wildman–Crippen MR) is 79.2 cm³/mol. The van der Waals surface area contributed by atoms with E-state index in [4.69, 9.17) is 11.6 Å². The molecule has 0 fully saturated rings. The number of hydrogen-bond acceptors (Lipinski definition) is 1. The van der Waals surface area contributed by atoms with Gasteiger partial charge >= 0.3 is 0 Å². The van der Waals surface area contributed by atoms with Crippen LogP contribution in [0.1, 0.15) is 30.5 Å². The molecule has 0 aliphatic heterocycles. The Hall–Kier alpha value is -1.61. The summed E-state index contributed by atoms with van der Waals surface area (Å²) >= 11 is 5.96. The molecule has 20 heavy (non-hydrogen) atoms. The van der Waals surface area contributed by atoms with Crippen LogP contribution in [0.2, 0.25) is 5.02 Å². The number of halogens is 3. The molecule has 1 unspecified atom stereocenters. The van der Waals surface area contributed by atoms with Crippen molar-refractivity contribution in [3.63, 3.8) is 0 Å². The lowest BCUT2D eigenvalue weighted by Crippen LogP contribution is -2.11. The van der Waals surface area contributed by atoms with Crippen molar-refractivity contribution in [1.82, 2.24) is 0 Å². The SMILES string of the molecule is CCC(Nc1cc(F)c(C)cc1F)c1cccc(Cl)c1. The van der Waals surface area contributed by atoms with Gasteiger partial charge in [0.15, 0.2) is 0 Å². The molecule has 0 heterocycles. The van der Waals surface area contributed by atoms with E-state index in [1.165, 1.54) is 19.1 Å². The molecule has 0 aliphatic carbocycles. The second-order valence-corrected chi connectivity index (χ2v) is 5.18. The topological polar surface area (TPSA) is 12.0 Å². The number of nitrogens with one attached hydrogen (secondary N) is 1. The van der Waals surface area contributed by atoms with Crippen molar-refractivity contribution in [3.05, 3.63) is 64.2 Å². The molecule has 0 aliphatic rings. The van der Waals surface area contributed by atoms with Crippen molar-refractivity contribution in [3.8, 4) is 0 Å². The Balaban J connectivity index is 2.29. The molecule has 0 amide bonds. The van der Waals surface area contributed by atoms with Crippen LogP contribution in [0.25, 0.3) is 0 Å². The Morgan fingerprint density at radius 3 is 2.55 bits per heavy atom. The number of aryl methyl sites for hydroxylation is 1. The molecular formula is C16H16ClF2N. The largest absolute Gasteiger partial charge is 0.376 e. The van der Waals surface area contributed by atoms with Gasteiger partial charge in [0.1, 0.15) is 11.6 Å². The summed E-state index contributed by atoms with van der Waals surface area (Å²) in [7, 11) is 0. The average molecular weight is 296 g/mol. The summed E-state index contributed by atoms with van der Waals surface area (Å²) in [4.78, 5) is 0. The Labute approximate surface area is 122 Å². The van der Waals surface area contributed by atoms with Crippen LogP contribution in [0.5, 0.6) is 0 Å². The zero-order valence-electron chi connectivity index (χ0n) is 11.4. The van der Waals surface area contributed by atoms with E-state index in [0.29, 0.717) is 10.6 Å². The maximum atomic E-state index is 13.9. The molecule has 0 bridgehead atoms. The van der Waals surface area contributed by atoms with Gasteiger partial charge in [-0.05, 0) is 42.7 Å². The summed E-state index contributed by atoms with van der Waals surface area (Å²) in [5.74, 6) is -0.876. The van der Waals surface area contributed by atoms with Crippen molar-refractivity contribution in [1.29, 1.82) is 0 Å². The fraction of sp³-hybridized carbons (Fsp3) is 0.250. The van der Waals surface area contributed by atoms with E-state index < -0.39 is 11.6 Å². The first-order chi connectivity index (χ1) is 9.51. The van der Waals surface area contributed by atoms with Gasteiger partial charge in [-0.1, -0.05) is 30.7 Å². The molecule has 1 atom stereocenters. The van der Waals surface area contributed by atoms with Crippen LogP contribution >= 0.6 is 11.6 Å². The molecule has 0 spiro atoms. The van der Waals surface area contributed by atoms with Gasteiger partial charge in [-0.3, -0.25) is 0 Å². The monoisotopic (exact) mass is 295 g/mol. The highest BCUT2D eigenvalue weighted by atomic mass is 35.5. The molecule has 1 nitrogen and oxygen atoms in total. The summed E-state index contributed by atoms with van der Waals surface area (Å²) in [5, 5.41) is 3.66. The average Bonchev–Trinajstić information content (AvgIpc) is 2.41. The maximum absolute atomic E-state index is 13.9. The second-order valence-electron chi connectivity index (χ2n) is 4.74. The van der Waals surface area contributed by atoms with Crippen molar-refractivity contribution in [2.24, 2.45) is 0 Å². The van der Waals surface area contributed by atoms with Crippen LogP contribution in [0, 0.1) is 18.6 Å². The minimum Gasteiger partial charge on any atom is -0.376 e. The summed E-state index contributed by atoms with van der Waals surface area (Å²) in [6.07, 6.45) is 0.731. The van der Waals surface area contributed by atoms with E-state index in [9.17, 15) is 8.78 Å². The Bertz CT molecular complexity index is 613. The van der Waals surface area contributed by atoms with Gasteiger partial charge in [0, 0.05) is 11.1 Å². The van der Waals surface area contributed by atoms with Crippen LogP contribution in [0.4, 0.5) is 14.5 Å². The third kappa shape index (κ3) is 3.28. The van der Waals surface area contributed by atoms with Gasteiger partial charge in [-0.2, -0.15) is 0 Å². The van der Waals surface area contributed by atoms with Gasteiger partial charge in [-0.25, -0.2) is 8.78 Å². The first-order valence-corrected chi connectivity index (χ1v) is 6.86. The van der Waals surface area contributed by atoms with Crippen molar-refractivity contribution in [2.45, 2.75) is 26.3 Å². The van der Waals surface area contributed by atoms with E-state index in [1.54, 1.807) is 6.07 Å². The lowest BCUT2D eigenvalue weighted by Gasteiger charge is -2.20. The van der Waals surface area contributed by atoms with Gasteiger partial charge in [0.05, 0.1) is 11.7 Å². The Morgan fingerprint density at radius 2 is 1.90 bits per heavy atom. The van der Waals surface area contributed by atoms with Crippen LogP contribution < -0.4 is 5.32 Å². The fourth-order valence-electron chi connectivity index (χ4n) is 2.09. The molecule has 0 radical (unpaired) electrons. The third-order valence-corrected chi connectivity index (χ3v) is 3.47. The summed E-state index contributed by atoms with van der Waals surface area (Å²) < 4.78 is 27.4. The molecule has 0 aromatic heterocycles. The van der Waals surface area contributed by atoms with Gasteiger partial charge in [-0.15, -0.1) is 0 Å². The first-order valence-electron chi connectivity index (χ1n) is 6.49. The zero-order valence-corrected chi connectivity index (χ0v) is 12.1. The highest BCUT2D eigenvalue weighted by Gasteiger charge is 2.13. The molecule has 2 rings (SSSR count). The van der Waals surface area contributed by atoms with E-state index in [2.05, 4.69) is 5.32 Å². The summed E-state index contributed by atoms with van der Waals surface area (Å²) in [5.41, 5.74) is 1.41. The highest BCUT2D eigenvalue weighted by Crippen LogP contribution is 2.27. The molecule has 2 aromatic carbocycles. The summed E-state index contributed by atoms with van der Waals surface area (Å²) in [6, 6.07) is 9.63. The lowest BCUT2D eigenvalue weighted by molar-refractivity contribution is 0.591. The van der Waals surface area contributed by atoms with Crippen molar-refractivity contribution in [2.75, 3.05) is 5.32 Å². The van der Waals surface area contributed by atoms with Crippen LogP contribution in [0.15, 0.2) is 36.4 Å². The lowest BCUT2D eigenvalue weighted by atomic mass is 10.0. The van der Waals surface area contributed by atoms with Crippen LogP contribution in [-0.2, 0) is 0 Å². The number of hydrogen-bond donors (Lipinski definition) is 1. The smallest absolute Gasteiger partial charge is 0.146 e. The van der Waals surface area contributed by atoms with E-state index in [0.717, 1.165) is 12.0 Å². The standard InChI is InChI=1S/C16H16ClF2N/c1-3-15(11-5-4-6-12(17)8-11)20-16-9-13(18)10(2)7-14(16)19/h4-9,15,20H,3H2,1-2H3. The Kier molecular flexibility index (Phi) is 4.61. The minimum absolute atomic E-state index is 0.120. The Morgan fingerprint density at radius 1 is 1.15 bits per heavy atom. The van der Waals surface area contributed by atoms with Gasteiger partial charge in [0.2, 0.25) is 0 Å². The fourth-order valence-corrected chi connectivity index (χ4v) is 2.29. The molecule has 1 N–H and O–H groups in total. The molecule has 0 saturated carbocycles. The van der Waals surface area contributed by atoms with Crippen LogP contribution in [0.3, 0.4) is 0 Å². The normalized spacial score (nSPS) is 12.2. The van der Waals surface area contributed by atoms with Gasteiger partial charge in [0.25, 0.3) is 0 Å². The molecule has 0 saturated heterocycles. The van der Waals surface area contributed by atoms with Crippen LogP contribution in [-0.4, -0.2) is 0 Å². The van der Waals surface area contributed by atoms with Crippen molar-refractivity contribution >= 4 is 17.3 Å². The minimum atomic E-state index is -0.454. The molecular weight excluding hydrogens is 280 g/mol. The van der Waals surface area contributed by atoms with E-state index >= 15 is 0 Å². The quantitative estimate of drug-likeness (QED) is 0.786. The third-order valence-electron chi connectivity index (χ3n) is 3.24. The number of benzene rings is 2. The second kappa shape index (κ2) is 6.23. The van der Waals surface area contributed by atoms with Crippen molar-refractivity contribution < 1.29 is 8.78 Å². The van der Waals surface area contributed by atoms with Gasteiger partial charge < -0.3 is 5.32 Å².